The van der Waals surface area contributed by atoms with Crippen LogP contribution in [0.3, 0.4) is 0 Å². The second-order valence-corrected chi connectivity index (χ2v) is 3.38. The molecule has 0 heterocycles. The van der Waals surface area contributed by atoms with E-state index in [9.17, 15) is 4.79 Å². The fourth-order valence-corrected chi connectivity index (χ4v) is 1.16. The second-order valence-electron chi connectivity index (χ2n) is 3.38. The maximum atomic E-state index is 11.0. The molecular formula is C11H24O3. The van der Waals surface area contributed by atoms with Gasteiger partial charge in [0.1, 0.15) is 0 Å². The molecule has 0 saturated heterocycles. The van der Waals surface area contributed by atoms with E-state index in [1.807, 2.05) is 6.92 Å². The lowest BCUT2D eigenvalue weighted by Gasteiger charge is -2.02. The van der Waals surface area contributed by atoms with E-state index in [-0.39, 0.29) is 11.4 Å². The van der Waals surface area contributed by atoms with Crippen molar-refractivity contribution in [2.75, 3.05) is 6.61 Å². The van der Waals surface area contributed by atoms with Crippen LogP contribution in [0.25, 0.3) is 0 Å². The minimum Gasteiger partial charge on any atom is -0.466 e. The predicted octanol–water partition coefficient (Wildman–Crippen LogP) is 2.48. The van der Waals surface area contributed by atoms with Crippen LogP contribution >= 0.6 is 0 Å². The van der Waals surface area contributed by atoms with Crippen LogP contribution < -0.4 is 0 Å². The summed E-state index contributed by atoms with van der Waals surface area (Å²) in [6.45, 7) is 4.78. The predicted molar refractivity (Wildman–Crippen MR) is 58.2 cm³/mol. The van der Waals surface area contributed by atoms with Crippen molar-refractivity contribution in [3.8, 4) is 0 Å². The highest BCUT2D eigenvalue weighted by Gasteiger charge is 2.00. The molecule has 0 rings (SSSR count). The summed E-state index contributed by atoms with van der Waals surface area (Å²) in [6, 6.07) is 0. The molecule has 0 radical (unpaired) electrons. The van der Waals surface area contributed by atoms with E-state index in [1.165, 1.54) is 19.3 Å². The standard InChI is InChI=1S/C11H22O2.H2O/c1-3-5-6-7-8-9-11(12)13-10-4-2;/h3-10H2,1-2H3;1H2. The average molecular weight is 204 g/mol. The van der Waals surface area contributed by atoms with Crippen LogP contribution in [0.2, 0.25) is 0 Å². The molecule has 0 bridgehead atoms. The van der Waals surface area contributed by atoms with Crippen LogP contribution in [0.4, 0.5) is 0 Å². The third kappa shape index (κ3) is 11.4. The Hall–Kier alpha value is -0.570. The Morgan fingerprint density at radius 3 is 2.21 bits per heavy atom. The monoisotopic (exact) mass is 204 g/mol. The van der Waals surface area contributed by atoms with Gasteiger partial charge < -0.3 is 10.2 Å². The highest BCUT2D eigenvalue weighted by molar-refractivity contribution is 5.69. The molecule has 0 atom stereocenters. The van der Waals surface area contributed by atoms with Gasteiger partial charge in [0.2, 0.25) is 0 Å². The van der Waals surface area contributed by atoms with Gasteiger partial charge in [0, 0.05) is 6.42 Å². The lowest BCUT2D eigenvalue weighted by Crippen LogP contribution is -2.04. The van der Waals surface area contributed by atoms with Gasteiger partial charge in [0.05, 0.1) is 6.61 Å². The van der Waals surface area contributed by atoms with Crippen LogP contribution in [0.1, 0.15) is 58.8 Å². The van der Waals surface area contributed by atoms with Crippen molar-refractivity contribution in [2.45, 2.75) is 58.8 Å². The Morgan fingerprint density at radius 2 is 1.64 bits per heavy atom. The third-order valence-corrected chi connectivity index (χ3v) is 1.95. The largest absolute Gasteiger partial charge is 0.466 e. The summed E-state index contributed by atoms with van der Waals surface area (Å²) in [5, 5.41) is 0. The first kappa shape index (κ1) is 15.9. The highest BCUT2D eigenvalue weighted by atomic mass is 16.5. The van der Waals surface area contributed by atoms with Gasteiger partial charge in [0.25, 0.3) is 0 Å². The van der Waals surface area contributed by atoms with Gasteiger partial charge in [-0.1, -0.05) is 39.5 Å². The zero-order valence-electron chi connectivity index (χ0n) is 9.47. The van der Waals surface area contributed by atoms with Gasteiger partial charge in [-0.2, -0.15) is 0 Å². The molecule has 3 nitrogen and oxygen atoms in total. The molecule has 0 fully saturated rings. The van der Waals surface area contributed by atoms with Crippen molar-refractivity contribution in [1.82, 2.24) is 0 Å². The second kappa shape index (κ2) is 12.4. The molecule has 2 N–H and O–H groups in total. The Kier molecular flexibility index (Phi) is 14.1. The van der Waals surface area contributed by atoms with E-state index in [2.05, 4.69) is 6.92 Å². The molecule has 0 unspecified atom stereocenters. The summed E-state index contributed by atoms with van der Waals surface area (Å²) >= 11 is 0. The number of carbonyl (C=O) groups is 1. The lowest BCUT2D eigenvalue weighted by atomic mass is 10.1. The van der Waals surface area contributed by atoms with Crippen LogP contribution in [0, 0.1) is 0 Å². The normalized spacial score (nSPS) is 9.29. The molecule has 86 valence electrons. The number of carbonyl (C=O) groups excluding carboxylic acids is 1. The molecule has 0 aliphatic heterocycles. The Morgan fingerprint density at radius 1 is 1.00 bits per heavy atom. The van der Waals surface area contributed by atoms with E-state index in [0.29, 0.717) is 13.0 Å². The first-order chi connectivity index (χ1) is 6.31. The smallest absolute Gasteiger partial charge is 0.305 e. The fraction of sp³-hybridized carbons (Fsp3) is 0.909. The Labute approximate surface area is 87.1 Å². The molecule has 0 amide bonds. The summed E-state index contributed by atoms with van der Waals surface area (Å²) < 4.78 is 4.96. The van der Waals surface area contributed by atoms with Crippen molar-refractivity contribution in [1.29, 1.82) is 0 Å². The van der Waals surface area contributed by atoms with E-state index in [1.54, 1.807) is 0 Å². The molecule has 0 aliphatic rings. The van der Waals surface area contributed by atoms with E-state index >= 15 is 0 Å². The molecule has 0 aromatic carbocycles. The van der Waals surface area contributed by atoms with Crippen molar-refractivity contribution in [3.05, 3.63) is 0 Å². The summed E-state index contributed by atoms with van der Waals surface area (Å²) in [6.07, 6.45) is 7.45. The average Bonchev–Trinajstić information content (AvgIpc) is 2.14. The van der Waals surface area contributed by atoms with Gasteiger partial charge in [0.15, 0.2) is 0 Å². The van der Waals surface area contributed by atoms with Gasteiger partial charge in [-0.05, 0) is 12.8 Å². The Balaban J connectivity index is 0. The minimum absolute atomic E-state index is 0. The molecule has 3 heteroatoms. The van der Waals surface area contributed by atoms with Gasteiger partial charge in [-0.15, -0.1) is 0 Å². The molecule has 0 spiro atoms. The molecular weight excluding hydrogens is 180 g/mol. The van der Waals surface area contributed by atoms with Gasteiger partial charge in [-0.3, -0.25) is 4.79 Å². The van der Waals surface area contributed by atoms with Crippen LogP contribution in [-0.2, 0) is 9.53 Å². The zero-order valence-corrected chi connectivity index (χ0v) is 9.47. The van der Waals surface area contributed by atoms with E-state index in [4.69, 9.17) is 4.74 Å². The molecule has 0 aromatic rings. The van der Waals surface area contributed by atoms with Crippen molar-refractivity contribution in [3.63, 3.8) is 0 Å². The summed E-state index contributed by atoms with van der Waals surface area (Å²) in [5.41, 5.74) is 0. The first-order valence-corrected chi connectivity index (χ1v) is 5.46. The van der Waals surface area contributed by atoms with Crippen LogP contribution in [-0.4, -0.2) is 18.1 Å². The Bertz CT molecular complexity index is 124. The number of ether oxygens (including phenoxy) is 1. The molecule has 14 heavy (non-hydrogen) atoms. The van der Waals surface area contributed by atoms with Crippen LogP contribution in [0.15, 0.2) is 0 Å². The van der Waals surface area contributed by atoms with E-state index < -0.39 is 0 Å². The highest BCUT2D eigenvalue weighted by Crippen LogP contribution is 2.05. The van der Waals surface area contributed by atoms with Crippen molar-refractivity contribution in [2.24, 2.45) is 0 Å². The zero-order chi connectivity index (χ0) is 9.94. The first-order valence-electron chi connectivity index (χ1n) is 5.46. The minimum atomic E-state index is -0.0293. The van der Waals surface area contributed by atoms with Gasteiger partial charge >= 0.3 is 5.97 Å². The maximum absolute atomic E-state index is 11.0. The number of esters is 1. The fourth-order valence-electron chi connectivity index (χ4n) is 1.16. The topological polar surface area (TPSA) is 57.8 Å². The quantitative estimate of drug-likeness (QED) is 0.450. The molecule has 0 aromatic heterocycles. The number of hydrogen-bond acceptors (Lipinski definition) is 2. The van der Waals surface area contributed by atoms with Crippen LogP contribution in [0.5, 0.6) is 0 Å². The third-order valence-electron chi connectivity index (χ3n) is 1.95. The number of hydrogen-bond donors (Lipinski definition) is 0. The van der Waals surface area contributed by atoms with E-state index in [0.717, 1.165) is 19.3 Å². The SMILES string of the molecule is CCCCCCCC(=O)OCCC.O. The van der Waals surface area contributed by atoms with Crippen molar-refractivity contribution >= 4 is 5.97 Å². The lowest BCUT2D eigenvalue weighted by molar-refractivity contribution is -0.143. The van der Waals surface area contributed by atoms with Crippen molar-refractivity contribution < 1.29 is 15.0 Å². The summed E-state index contributed by atoms with van der Waals surface area (Å²) in [4.78, 5) is 11.0. The summed E-state index contributed by atoms with van der Waals surface area (Å²) in [5.74, 6) is -0.0293. The maximum Gasteiger partial charge on any atom is 0.305 e. The van der Waals surface area contributed by atoms with Gasteiger partial charge in [-0.25, -0.2) is 0 Å². The summed E-state index contributed by atoms with van der Waals surface area (Å²) in [7, 11) is 0. The number of unbranched alkanes of at least 4 members (excludes halogenated alkanes) is 4. The molecule has 0 aliphatic carbocycles. The number of rotatable bonds is 8. The molecule has 0 saturated carbocycles.